The predicted octanol–water partition coefficient (Wildman–Crippen LogP) is 18.8. The molecule has 0 amide bonds. The summed E-state index contributed by atoms with van der Waals surface area (Å²) in [6, 6.07) is 106. The maximum Gasteiger partial charge on any atom is 0.160 e. The molecule has 2 nitrogen and oxygen atoms in total. The monoisotopic (exact) mass is 952 g/mol. The molecular formula is C73H48N2. The standard InChI is InChI=1S/C73H48N2/c1-5-21-49(22-6-1)53-27-19-28-55(44-53)69-48-70(75-72(74-69)51-24-7-2-8-25-51)65-42-41-61(63-33-15-16-34-64(63)65)57-45-56(54-40-39-50-23-13-14-26-52(50)43-54)46-58(47-57)62-36-20-38-68-71(62)66-35-17-18-37-67(66)73(68,59-29-9-3-10-30-59)60-31-11-4-12-32-60/h1-48H. The average molecular weight is 953 g/mol. The predicted molar refractivity (Wildman–Crippen MR) is 312 cm³/mol. The topological polar surface area (TPSA) is 25.8 Å². The second-order valence-corrected chi connectivity index (χ2v) is 19.6. The van der Waals surface area contributed by atoms with Gasteiger partial charge < -0.3 is 0 Å². The van der Waals surface area contributed by atoms with Gasteiger partial charge in [-0.2, -0.15) is 0 Å². The Morgan fingerprint density at radius 2 is 0.733 bits per heavy atom. The van der Waals surface area contributed by atoms with Crippen LogP contribution in [0.3, 0.4) is 0 Å². The van der Waals surface area contributed by atoms with E-state index in [9.17, 15) is 0 Å². The van der Waals surface area contributed by atoms with E-state index in [2.05, 4.69) is 285 Å². The van der Waals surface area contributed by atoms with E-state index >= 15 is 0 Å². The molecule has 0 atom stereocenters. The van der Waals surface area contributed by atoms with Crippen molar-refractivity contribution in [3.8, 4) is 89.5 Å². The van der Waals surface area contributed by atoms with Crippen molar-refractivity contribution in [1.29, 1.82) is 0 Å². The largest absolute Gasteiger partial charge is 0.228 e. The molecule has 1 aliphatic carbocycles. The first kappa shape index (κ1) is 44.0. The van der Waals surface area contributed by atoms with Gasteiger partial charge in [-0.05, 0) is 136 Å². The highest BCUT2D eigenvalue weighted by molar-refractivity contribution is 6.06. The average Bonchev–Trinajstić information content (AvgIpc) is 3.93. The highest BCUT2D eigenvalue weighted by atomic mass is 14.9. The Kier molecular flexibility index (Phi) is 10.8. The van der Waals surface area contributed by atoms with Crippen molar-refractivity contribution in [3.63, 3.8) is 0 Å². The molecule has 0 radical (unpaired) electrons. The number of hydrogen-bond acceptors (Lipinski definition) is 2. The van der Waals surface area contributed by atoms with Gasteiger partial charge in [0.05, 0.1) is 16.8 Å². The minimum absolute atomic E-state index is 0.513. The van der Waals surface area contributed by atoms with E-state index in [1.807, 2.05) is 6.07 Å². The third-order valence-corrected chi connectivity index (χ3v) is 15.3. The molecule has 1 aliphatic rings. The van der Waals surface area contributed by atoms with Gasteiger partial charge in [-0.25, -0.2) is 9.97 Å². The molecule has 12 aromatic carbocycles. The van der Waals surface area contributed by atoms with Crippen molar-refractivity contribution in [2.75, 3.05) is 0 Å². The lowest BCUT2D eigenvalue weighted by Crippen LogP contribution is -2.28. The molecule has 75 heavy (non-hydrogen) atoms. The molecule has 0 saturated carbocycles. The van der Waals surface area contributed by atoms with Gasteiger partial charge in [-0.3, -0.25) is 0 Å². The van der Waals surface area contributed by atoms with Crippen molar-refractivity contribution < 1.29 is 0 Å². The minimum Gasteiger partial charge on any atom is -0.228 e. The zero-order valence-corrected chi connectivity index (χ0v) is 41.1. The molecule has 0 bridgehead atoms. The van der Waals surface area contributed by atoms with E-state index < -0.39 is 5.41 Å². The van der Waals surface area contributed by atoms with Crippen LogP contribution < -0.4 is 0 Å². The Morgan fingerprint density at radius 3 is 1.48 bits per heavy atom. The highest BCUT2D eigenvalue weighted by Gasteiger charge is 2.46. The number of fused-ring (bicyclic) bond motifs is 5. The Hall–Kier alpha value is -9.76. The molecule has 1 aromatic heterocycles. The van der Waals surface area contributed by atoms with Crippen LogP contribution in [0, 0.1) is 0 Å². The van der Waals surface area contributed by atoms with Crippen molar-refractivity contribution in [2.45, 2.75) is 5.41 Å². The summed E-state index contributed by atoms with van der Waals surface area (Å²) in [4.78, 5) is 10.6. The van der Waals surface area contributed by atoms with Crippen LogP contribution in [0.25, 0.3) is 111 Å². The van der Waals surface area contributed by atoms with Gasteiger partial charge in [-0.1, -0.05) is 255 Å². The van der Waals surface area contributed by atoms with Crippen LogP contribution in [-0.2, 0) is 5.41 Å². The van der Waals surface area contributed by atoms with Crippen molar-refractivity contribution in [2.24, 2.45) is 0 Å². The Morgan fingerprint density at radius 1 is 0.240 bits per heavy atom. The summed E-state index contributed by atoms with van der Waals surface area (Å²) in [7, 11) is 0. The maximum absolute atomic E-state index is 5.36. The number of hydrogen-bond donors (Lipinski definition) is 0. The molecule has 14 rings (SSSR count). The summed E-state index contributed by atoms with van der Waals surface area (Å²) < 4.78 is 0. The first-order valence-electron chi connectivity index (χ1n) is 25.8. The van der Waals surface area contributed by atoms with Crippen molar-refractivity contribution in [3.05, 3.63) is 313 Å². The van der Waals surface area contributed by atoms with E-state index in [0.29, 0.717) is 5.82 Å². The number of rotatable bonds is 9. The zero-order valence-electron chi connectivity index (χ0n) is 41.1. The maximum atomic E-state index is 5.36. The van der Waals surface area contributed by atoms with E-state index in [1.54, 1.807) is 0 Å². The molecule has 0 saturated heterocycles. The molecule has 0 spiro atoms. The van der Waals surface area contributed by atoms with Gasteiger partial charge in [0.25, 0.3) is 0 Å². The van der Waals surface area contributed by atoms with Crippen molar-refractivity contribution in [1.82, 2.24) is 9.97 Å². The SMILES string of the molecule is c1ccc(-c2cccc(-c3cc(-c4ccc(-c5cc(-c6ccc7ccccc7c6)cc(-c6cccc7c6-c6ccccc6C7(c6ccccc6)c6ccccc6)c5)c5ccccc45)nc(-c4ccccc4)n3)c2)cc1. The molecule has 2 heteroatoms. The smallest absolute Gasteiger partial charge is 0.160 e. The van der Waals surface area contributed by atoms with Gasteiger partial charge in [0.1, 0.15) is 0 Å². The molecule has 0 fully saturated rings. The van der Waals surface area contributed by atoms with Crippen LogP contribution in [0.2, 0.25) is 0 Å². The second-order valence-electron chi connectivity index (χ2n) is 19.6. The second kappa shape index (κ2) is 18.4. The number of aromatic nitrogens is 2. The molecule has 0 N–H and O–H groups in total. The van der Waals surface area contributed by atoms with Crippen LogP contribution in [0.1, 0.15) is 22.3 Å². The lowest BCUT2D eigenvalue weighted by atomic mass is 9.67. The van der Waals surface area contributed by atoms with Gasteiger partial charge >= 0.3 is 0 Å². The third kappa shape index (κ3) is 7.58. The lowest BCUT2D eigenvalue weighted by Gasteiger charge is -2.34. The summed E-state index contributed by atoms with van der Waals surface area (Å²) in [5, 5.41) is 4.72. The summed E-state index contributed by atoms with van der Waals surface area (Å²) in [5.41, 5.74) is 21.2. The van der Waals surface area contributed by atoms with Crippen LogP contribution in [0.15, 0.2) is 291 Å². The van der Waals surface area contributed by atoms with Crippen LogP contribution >= 0.6 is 0 Å². The lowest BCUT2D eigenvalue weighted by molar-refractivity contribution is 0.768. The Bertz CT molecular complexity index is 4240. The fourth-order valence-corrected chi connectivity index (χ4v) is 11.9. The first-order valence-corrected chi connectivity index (χ1v) is 25.8. The fraction of sp³-hybridized carbons (Fsp3) is 0.0137. The zero-order chi connectivity index (χ0) is 49.7. The molecular weight excluding hydrogens is 905 g/mol. The Labute approximate surface area is 437 Å². The van der Waals surface area contributed by atoms with E-state index in [0.717, 1.165) is 66.7 Å². The van der Waals surface area contributed by atoms with Crippen molar-refractivity contribution >= 4 is 21.5 Å². The quantitative estimate of drug-likeness (QED) is 0.144. The van der Waals surface area contributed by atoms with Crippen LogP contribution in [-0.4, -0.2) is 9.97 Å². The van der Waals surface area contributed by atoms with Gasteiger partial charge in [0.15, 0.2) is 5.82 Å². The molecule has 0 unspecified atom stereocenters. The van der Waals surface area contributed by atoms with Gasteiger partial charge in [-0.15, -0.1) is 0 Å². The Balaban J connectivity index is 0.981. The molecule has 13 aromatic rings. The molecule has 350 valence electrons. The molecule has 0 aliphatic heterocycles. The summed E-state index contributed by atoms with van der Waals surface area (Å²) in [6.07, 6.45) is 0. The fourth-order valence-electron chi connectivity index (χ4n) is 11.9. The number of nitrogens with zero attached hydrogens (tertiary/aromatic N) is 2. The third-order valence-electron chi connectivity index (χ3n) is 15.3. The molecule has 1 heterocycles. The minimum atomic E-state index is -0.513. The normalized spacial score (nSPS) is 12.4. The van der Waals surface area contributed by atoms with Gasteiger partial charge in [0, 0.05) is 16.7 Å². The van der Waals surface area contributed by atoms with Crippen LogP contribution in [0.4, 0.5) is 0 Å². The van der Waals surface area contributed by atoms with E-state index in [1.165, 1.54) is 60.8 Å². The summed E-state index contributed by atoms with van der Waals surface area (Å²) >= 11 is 0. The highest BCUT2D eigenvalue weighted by Crippen LogP contribution is 2.58. The summed E-state index contributed by atoms with van der Waals surface area (Å²) in [5.74, 6) is 0.689. The van der Waals surface area contributed by atoms with Crippen LogP contribution in [0.5, 0.6) is 0 Å². The van der Waals surface area contributed by atoms with Gasteiger partial charge in [0.2, 0.25) is 0 Å². The van der Waals surface area contributed by atoms with E-state index in [4.69, 9.17) is 9.97 Å². The first-order chi connectivity index (χ1) is 37.2. The summed E-state index contributed by atoms with van der Waals surface area (Å²) in [6.45, 7) is 0. The number of benzene rings is 12. The van der Waals surface area contributed by atoms with E-state index in [-0.39, 0.29) is 0 Å².